The first kappa shape index (κ1) is 13.7. The summed E-state index contributed by atoms with van der Waals surface area (Å²) in [4.78, 5) is 0. The second kappa shape index (κ2) is 5.08. The van der Waals surface area contributed by atoms with Crippen LogP contribution in [0.5, 0.6) is 0 Å². The van der Waals surface area contributed by atoms with E-state index in [4.69, 9.17) is 0 Å². The highest BCUT2D eigenvalue weighted by atomic mass is 19.4. The molecule has 0 aliphatic carbocycles. The number of rotatable bonds is 2. The highest BCUT2D eigenvalue weighted by molar-refractivity contribution is 5.34. The van der Waals surface area contributed by atoms with E-state index in [2.05, 4.69) is 6.07 Å². The number of halogens is 3. The van der Waals surface area contributed by atoms with E-state index >= 15 is 0 Å². The average Bonchev–Trinajstić information content (AvgIpc) is 2.33. The molecule has 0 nitrogen and oxygen atoms in total. The lowest BCUT2D eigenvalue weighted by atomic mass is 10.00. The van der Waals surface area contributed by atoms with Gasteiger partial charge in [-0.3, -0.25) is 0 Å². The van der Waals surface area contributed by atoms with Gasteiger partial charge in [0, 0.05) is 0 Å². The van der Waals surface area contributed by atoms with E-state index in [0.29, 0.717) is 6.42 Å². The molecule has 0 aliphatic heterocycles. The molecule has 0 fully saturated rings. The molecule has 0 atom stereocenters. The van der Waals surface area contributed by atoms with Gasteiger partial charge in [-0.25, -0.2) is 0 Å². The molecule has 0 aliphatic rings. The molecule has 0 spiro atoms. The van der Waals surface area contributed by atoms with Crippen molar-refractivity contribution < 1.29 is 13.2 Å². The van der Waals surface area contributed by atoms with Crippen molar-refractivity contribution in [1.29, 1.82) is 0 Å². The van der Waals surface area contributed by atoms with Crippen molar-refractivity contribution in [3.05, 3.63) is 70.3 Å². The minimum Gasteiger partial charge on any atom is -0.166 e. The maximum absolute atomic E-state index is 12.4. The van der Waals surface area contributed by atoms with Crippen LogP contribution >= 0.6 is 0 Å². The van der Waals surface area contributed by atoms with Crippen LogP contribution in [0.3, 0.4) is 0 Å². The van der Waals surface area contributed by atoms with Crippen LogP contribution in [0.15, 0.2) is 42.5 Å². The van der Waals surface area contributed by atoms with E-state index in [1.165, 1.54) is 23.3 Å². The van der Waals surface area contributed by atoms with Crippen molar-refractivity contribution in [3.63, 3.8) is 0 Å². The second-order valence-electron chi connectivity index (χ2n) is 4.79. The predicted octanol–water partition coefficient (Wildman–Crippen LogP) is 4.91. The zero-order valence-corrected chi connectivity index (χ0v) is 10.9. The van der Waals surface area contributed by atoms with Crippen molar-refractivity contribution in [2.45, 2.75) is 26.4 Å². The van der Waals surface area contributed by atoms with Crippen LogP contribution in [0.4, 0.5) is 13.2 Å². The van der Waals surface area contributed by atoms with Crippen LogP contribution < -0.4 is 0 Å². The molecular weight excluding hydrogens is 249 g/mol. The first-order valence-corrected chi connectivity index (χ1v) is 6.08. The van der Waals surface area contributed by atoms with Crippen molar-refractivity contribution in [1.82, 2.24) is 0 Å². The molecular formula is C16H15F3. The number of alkyl halides is 3. The summed E-state index contributed by atoms with van der Waals surface area (Å²) in [6.07, 6.45) is -3.61. The largest absolute Gasteiger partial charge is 0.416 e. The fourth-order valence-corrected chi connectivity index (χ4v) is 1.96. The Labute approximate surface area is 110 Å². The molecule has 0 amide bonds. The van der Waals surface area contributed by atoms with Crippen molar-refractivity contribution in [3.8, 4) is 0 Å². The molecule has 0 saturated heterocycles. The summed E-state index contributed by atoms with van der Waals surface area (Å²) in [5.41, 5.74) is 3.82. The molecule has 0 bridgehead atoms. The zero-order valence-electron chi connectivity index (χ0n) is 10.9. The summed E-state index contributed by atoms with van der Waals surface area (Å²) in [5, 5.41) is 0. The number of hydrogen-bond acceptors (Lipinski definition) is 0. The fourth-order valence-electron chi connectivity index (χ4n) is 1.96. The highest BCUT2D eigenvalue weighted by Gasteiger charge is 2.29. The Kier molecular flexibility index (Phi) is 3.65. The van der Waals surface area contributed by atoms with E-state index in [9.17, 15) is 13.2 Å². The van der Waals surface area contributed by atoms with Crippen LogP contribution in [0.25, 0.3) is 0 Å². The topological polar surface area (TPSA) is 0 Å². The van der Waals surface area contributed by atoms with Crippen LogP contribution in [0.2, 0.25) is 0 Å². The maximum atomic E-state index is 12.4. The summed E-state index contributed by atoms with van der Waals surface area (Å²) < 4.78 is 37.3. The Morgan fingerprint density at radius 1 is 0.789 bits per heavy atom. The molecule has 2 rings (SSSR count). The molecule has 2 aromatic rings. The Hall–Kier alpha value is -1.77. The molecule has 0 radical (unpaired) electrons. The number of aryl methyl sites for hydroxylation is 2. The summed E-state index contributed by atoms with van der Waals surface area (Å²) >= 11 is 0. The normalized spacial score (nSPS) is 11.6. The lowest BCUT2D eigenvalue weighted by Gasteiger charge is -2.08. The van der Waals surface area contributed by atoms with Crippen LogP contribution in [-0.4, -0.2) is 0 Å². The van der Waals surface area contributed by atoms with Crippen molar-refractivity contribution in [2.24, 2.45) is 0 Å². The number of hydrogen-bond donors (Lipinski definition) is 0. The van der Waals surface area contributed by atoms with Gasteiger partial charge < -0.3 is 0 Å². The molecule has 19 heavy (non-hydrogen) atoms. The van der Waals surface area contributed by atoms with Gasteiger partial charge in [0.25, 0.3) is 0 Å². The van der Waals surface area contributed by atoms with E-state index in [-0.39, 0.29) is 0 Å². The lowest BCUT2D eigenvalue weighted by Crippen LogP contribution is -2.04. The zero-order chi connectivity index (χ0) is 14.0. The molecule has 0 heterocycles. The quantitative estimate of drug-likeness (QED) is 0.722. The van der Waals surface area contributed by atoms with Gasteiger partial charge in [-0.05, 0) is 54.7 Å². The number of benzene rings is 2. The van der Waals surface area contributed by atoms with E-state index < -0.39 is 11.7 Å². The van der Waals surface area contributed by atoms with Gasteiger partial charge >= 0.3 is 6.18 Å². The predicted molar refractivity (Wildman–Crippen MR) is 70.2 cm³/mol. The minimum atomic E-state index is -4.26. The first-order chi connectivity index (χ1) is 8.86. The second-order valence-corrected chi connectivity index (χ2v) is 4.79. The van der Waals surface area contributed by atoms with E-state index in [1.54, 1.807) is 0 Å². The Bertz CT molecular complexity index is 566. The van der Waals surface area contributed by atoms with Crippen LogP contribution in [-0.2, 0) is 12.6 Å². The van der Waals surface area contributed by atoms with Gasteiger partial charge in [0.1, 0.15) is 0 Å². The Morgan fingerprint density at radius 3 is 1.89 bits per heavy atom. The average molecular weight is 264 g/mol. The monoisotopic (exact) mass is 264 g/mol. The van der Waals surface area contributed by atoms with Crippen molar-refractivity contribution in [2.75, 3.05) is 0 Å². The van der Waals surface area contributed by atoms with Crippen molar-refractivity contribution >= 4 is 0 Å². The maximum Gasteiger partial charge on any atom is 0.416 e. The fraction of sp³-hybridized carbons (Fsp3) is 0.250. The lowest BCUT2D eigenvalue weighted by molar-refractivity contribution is -0.137. The van der Waals surface area contributed by atoms with Gasteiger partial charge in [-0.2, -0.15) is 13.2 Å². The standard InChI is InChI=1S/C16H15F3/c1-11-3-4-14(9-12(11)2)10-13-5-7-15(8-6-13)16(17,18)19/h3-9H,10H2,1-2H3. The summed E-state index contributed by atoms with van der Waals surface area (Å²) in [6.45, 7) is 4.07. The third-order valence-electron chi connectivity index (χ3n) is 3.26. The van der Waals surface area contributed by atoms with Crippen LogP contribution in [0.1, 0.15) is 27.8 Å². The smallest absolute Gasteiger partial charge is 0.166 e. The SMILES string of the molecule is Cc1ccc(Cc2ccc(C(F)(F)F)cc2)cc1C. The molecule has 0 saturated carbocycles. The molecule has 0 unspecified atom stereocenters. The van der Waals surface area contributed by atoms with Gasteiger partial charge in [-0.1, -0.05) is 30.3 Å². The van der Waals surface area contributed by atoms with E-state index in [0.717, 1.165) is 23.3 Å². The molecule has 3 heteroatoms. The van der Waals surface area contributed by atoms with Gasteiger partial charge in [0.2, 0.25) is 0 Å². The Morgan fingerprint density at radius 2 is 1.37 bits per heavy atom. The minimum absolute atomic E-state index is 0.601. The van der Waals surface area contributed by atoms with E-state index in [1.807, 2.05) is 26.0 Å². The van der Waals surface area contributed by atoms with Gasteiger partial charge in [-0.15, -0.1) is 0 Å². The first-order valence-electron chi connectivity index (χ1n) is 6.08. The van der Waals surface area contributed by atoms with Gasteiger partial charge in [0.05, 0.1) is 5.56 Å². The summed E-state index contributed by atoms with van der Waals surface area (Å²) in [6, 6.07) is 11.5. The van der Waals surface area contributed by atoms with Crippen LogP contribution in [0, 0.1) is 13.8 Å². The molecule has 100 valence electrons. The summed E-state index contributed by atoms with van der Waals surface area (Å²) in [5.74, 6) is 0. The third-order valence-corrected chi connectivity index (χ3v) is 3.26. The Balaban J connectivity index is 2.17. The molecule has 0 N–H and O–H groups in total. The highest BCUT2D eigenvalue weighted by Crippen LogP contribution is 2.29. The molecule has 0 aromatic heterocycles. The van der Waals surface area contributed by atoms with Gasteiger partial charge in [0.15, 0.2) is 0 Å². The third kappa shape index (κ3) is 3.37. The molecule has 2 aromatic carbocycles. The summed E-state index contributed by atoms with van der Waals surface area (Å²) in [7, 11) is 0.